The van der Waals surface area contributed by atoms with Gasteiger partial charge < -0.3 is 14.7 Å². The first kappa shape index (κ1) is 16.3. The summed E-state index contributed by atoms with van der Waals surface area (Å²) in [7, 11) is 0. The maximum Gasteiger partial charge on any atom is 0.119 e. The molecule has 0 heterocycles. The van der Waals surface area contributed by atoms with Crippen molar-refractivity contribution in [3.63, 3.8) is 0 Å². The minimum atomic E-state index is 0.435. The Morgan fingerprint density at radius 1 is 0.727 bits per heavy atom. The molecule has 0 spiro atoms. The number of hydrogen-bond donors (Lipinski definition) is 1. The summed E-state index contributed by atoms with van der Waals surface area (Å²) in [5.74, 6) is 1.63. The van der Waals surface area contributed by atoms with Gasteiger partial charge in [-0.15, -0.1) is 0 Å². The van der Waals surface area contributed by atoms with Crippen molar-refractivity contribution in [1.82, 2.24) is 5.06 Å². The van der Waals surface area contributed by atoms with Gasteiger partial charge in [-0.2, -0.15) is 5.06 Å². The maximum absolute atomic E-state index is 9.77. The molecular formula is C18H23NO3. The van der Waals surface area contributed by atoms with Crippen LogP contribution in [0.1, 0.15) is 11.1 Å². The van der Waals surface area contributed by atoms with Crippen molar-refractivity contribution >= 4 is 0 Å². The van der Waals surface area contributed by atoms with E-state index in [-0.39, 0.29) is 0 Å². The number of hydroxylamine groups is 2. The molecule has 0 aliphatic carbocycles. The van der Waals surface area contributed by atoms with Gasteiger partial charge in [0.15, 0.2) is 0 Å². The van der Waals surface area contributed by atoms with Crippen LogP contribution in [0.2, 0.25) is 0 Å². The first-order valence-electron chi connectivity index (χ1n) is 7.46. The second-order valence-corrected chi connectivity index (χ2v) is 5.28. The van der Waals surface area contributed by atoms with E-state index in [1.54, 1.807) is 0 Å². The highest BCUT2D eigenvalue weighted by Crippen LogP contribution is 2.12. The summed E-state index contributed by atoms with van der Waals surface area (Å²) in [5, 5.41) is 11.0. The summed E-state index contributed by atoms with van der Waals surface area (Å²) in [6.45, 7) is 5.81. The van der Waals surface area contributed by atoms with Crippen LogP contribution in [0.5, 0.6) is 11.5 Å². The Morgan fingerprint density at radius 2 is 1.09 bits per heavy atom. The smallest absolute Gasteiger partial charge is 0.119 e. The van der Waals surface area contributed by atoms with Crippen LogP contribution in [0.4, 0.5) is 0 Å². The van der Waals surface area contributed by atoms with Gasteiger partial charge in [0, 0.05) is 0 Å². The van der Waals surface area contributed by atoms with Crippen molar-refractivity contribution < 1.29 is 14.7 Å². The first-order valence-corrected chi connectivity index (χ1v) is 7.46. The van der Waals surface area contributed by atoms with Gasteiger partial charge in [0.05, 0.1) is 13.1 Å². The van der Waals surface area contributed by atoms with Crippen LogP contribution >= 0.6 is 0 Å². The van der Waals surface area contributed by atoms with E-state index in [4.69, 9.17) is 9.47 Å². The average molecular weight is 301 g/mol. The fourth-order valence-corrected chi connectivity index (χ4v) is 1.92. The standard InChI is InChI=1S/C18H23NO3/c1-15-3-7-17(8-4-15)21-13-11-19(20)12-14-22-18-9-5-16(2)6-10-18/h3-10,20H,11-14H2,1-2H3. The predicted octanol–water partition coefficient (Wildman–Crippen LogP) is 3.45. The zero-order valence-electron chi connectivity index (χ0n) is 13.2. The quantitative estimate of drug-likeness (QED) is 0.758. The van der Waals surface area contributed by atoms with Crippen LogP contribution in [-0.4, -0.2) is 36.6 Å². The van der Waals surface area contributed by atoms with E-state index in [9.17, 15) is 5.21 Å². The van der Waals surface area contributed by atoms with Crippen molar-refractivity contribution in [2.75, 3.05) is 26.3 Å². The van der Waals surface area contributed by atoms with Crippen LogP contribution in [-0.2, 0) is 0 Å². The molecule has 0 saturated heterocycles. The number of ether oxygens (including phenoxy) is 2. The molecule has 0 aromatic heterocycles. The third-order valence-electron chi connectivity index (χ3n) is 3.28. The minimum absolute atomic E-state index is 0.435. The summed E-state index contributed by atoms with van der Waals surface area (Å²) in [6.07, 6.45) is 0. The first-order chi connectivity index (χ1) is 10.6. The average Bonchev–Trinajstić information content (AvgIpc) is 2.51. The number of rotatable bonds is 8. The molecular weight excluding hydrogens is 278 g/mol. The molecule has 0 aliphatic rings. The molecule has 0 fully saturated rings. The molecule has 4 nitrogen and oxygen atoms in total. The summed E-state index contributed by atoms with van der Waals surface area (Å²) in [4.78, 5) is 0. The van der Waals surface area contributed by atoms with E-state index in [1.807, 2.05) is 62.4 Å². The van der Waals surface area contributed by atoms with E-state index < -0.39 is 0 Å². The second-order valence-electron chi connectivity index (χ2n) is 5.28. The summed E-state index contributed by atoms with van der Waals surface area (Å²) in [6, 6.07) is 15.7. The molecule has 2 aromatic rings. The number of benzene rings is 2. The van der Waals surface area contributed by atoms with Gasteiger partial charge in [-0.05, 0) is 38.1 Å². The molecule has 22 heavy (non-hydrogen) atoms. The molecule has 0 aliphatic heterocycles. The van der Waals surface area contributed by atoms with E-state index in [2.05, 4.69) is 0 Å². The Kier molecular flexibility index (Phi) is 6.25. The Hall–Kier alpha value is -2.04. The fraction of sp³-hybridized carbons (Fsp3) is 0.333. The van der Waals surface area contributed by atoms with Crippen LogP contribution in [0.15, 0.2) is 48.5 Å². The van der Waals surface area contributed by atoms with Crippen molar-refractivity contribution in [2.45, 2.75) is 13.8 Å². The van der Waals surface area contributed by atoms with Gasteiger partial charge in [0.25, 0.3) is 0 Å². The summed E-state index contributed by atoms with van der Waals surface area (Å²) >= 11 is 0. The lowest BCUT2D eigenvalue weighted by atomic mass is 10.2. The molecule has 118 valence electrons. The number of nitrogens with zero attached hydrogens (tertiary/aromatic N) is 1. The maximum atomic E-state index is 9.77. The third-order valence-corrected chi connectivity index (χ3v) is 3.28. The number of aryl methyl sites for hydroxylation is 2. The van der Waals surface area contributed by atoms with Gasteiger partial charge in [0.2, 0.25) is 0 Å². The molecule has 0 saturated carbocycles. The predicted molar refractivity (Wildman–Crippen MR) is 86.7 cm³/mol. The molecule has 0 bridgehead atoms. The Morgan fingerprint density at radius 3 is 1.45 bits per heavy atom. The van der Waals surface area contributed by atoms with Crippen LogP contribution in [0.3, 0.4) is 0 Å². The van der Waals surface area contributed by atoms with Gasteiger partial charge in [-0.25, -0.2) is 0 Å². The Bertz CT molecular complexity index is 500. The van der Waals surface area contributed by atoms with Crippen LogP contribution in [0.25, 0.3) is 0 Å². The van der Waals surface area contributed by atoms with E-state index in [0.29, 0.717) is 26.3 Å². The molecule has 0 radical (unpaired) electrons. The molecule has 0 unspecified atom stereocenters. The fourth-order valence-electron chi connectivity index (χ4n) is 1.92. The molecule has 1 N–H and O–H groups in total. The molecule has 0 atom stereocenters. The van der Waals surface area contributed by atoms with Gasteiger partial charge in [-0.3, -0.25) is 0 Å². The van der Waals surface area contributed by atoms with Crippen LogP contribution < -0.4 is 9.47 Å². The molecule has 0 amide bonds. The molecule has 4 heteroatoms. The summed E-state index contributed by atoms with van der Waals surface area (Å²) < 4.78 is 11.1. The van der Waals surface area contributed by atoms with E-state index in [0.717, 1.165) is 11.5 Å². The molecule has 2 rings (SSSR count). The lowest BCUT2D eigenvalue weighted by molar-refractivity contribution is -0.102. The van der Waals surface area contributed by atoms with Gasteiger partial charge in [0.1, 0.15) is 24.7 Å². The highest BCUT2D eigenvalue weighted by atomic mass is 16.5. The lowest BCUT2D eigenvalue weighted by Gasteiger charge is -2.15. The van der Waals surface area contributed by atoms with Gasteiger partial charge in [-0.1, -0.05) is 35.4 Å². The zero-order valence-corrected chi connectivity index (χ0v) is 13.2. The van der Waals surface area contributed by atoms with E-state index >= 15 is 0 Å². The monoisotopic (exact) mass is 301 g/mol. The van der Waals surface area contributed by atoms with E-state index in [1.165, 1.54) is 16.2 Å². The second kappa shape index (κ2) is 8.41. The van der Waals surface area contributed by atoms with Gasteiger partial charge >= 0.3 is 0 Å². The van der Waals surface area contributed by atoms with Crippen molar-refractivity contribution in [1.29, 1.82) is 0 Å². The highest BCUT2D eigenvalue weighted by molar-refractivity contribution is 5.26. The van der Waals surface area contributed by atoms with Crippen LogP contribution in [0, 0.1) is 13.8 Å². The Balaban J connectivity index is 1.60. The van der Waals surface area contributed by atoms with Crippen molar-refractivity contribution in [2.24, 2.45) is 0 Å². The molecule has 2 aromatic carbocycles. The minimum Gasteiger partial charge on any atom is -0.492 e. The Labute approximate surface area is 131 Å². The third kappa shape index (κ3) is 5.76. The normalized spacial score (nSPS) is 10.7. The SMILES string of the molecule is Cc1ccc(OCCN(O)CCOc2ccc(C)cc2)cc1. The number of hydrogen-bond acceptors (Lipinski definition) is 4. The topological polar surface area (TPSA) is 41.9 Å². The lowest BCUT2D eigenvalue weighted by Crippen LogP contribution is -2.29. The highest BCUT2D eigenvalue weighted by Gasteiger charge is 2.02. The zero-order chi connectivity index (χ0) is 15.8. The summed E-state index contributed by atoms with van der Waals surface area (Å²) in [5.41, 5.74) is 2.40. The van der Waals surface area contributed by atoms with Crippen molar-refractivity contribution in [3.8, 4) is 11.5 Å². The van der Waals surface area contributed by atoms with Crippen molar-refractivity contribution in [3.05, 3.63) is 59.7 Å². The largest absolute Gasteiger partial charge is 0.492 e.